The maximum atomic E-state index is 5.97. The predicted molar refractivity (Wildman–Crippen MR) is 87.5 cm³/mol. The van der Waals surface area contributed by atoms with Crippen molar-refractivity contribution in [3.8, 4) is 0 Å². The molecule has 0 saturated heterocycles. The van der Waals surface area contributed by atoms with Gasteiger partial charge in [-0.25, -0.2) is 4.98 Å². The van der Waals surface area contributed by atoms with Crippen LogP contribution in [0.4, 0.5) is 11.5 Å². The summed E-state index contributed by atoms with van der Waals surface area (Å²) in [5.74, 6) is 0.746. The van der Waals surface area contributed by atoms with Gasteiger partial charge in [-0.1, -0.05) is 0 Å². The molecule has 4 aromatic rings. The van der Waals surface area contributed by atoms with Crippen molar-refractivity contribution < 1.29 is 0 Å². The number of anilines is 2. The standard InChI is InChI=1S/C14H8ClN3S2/c15-14-17-12(10-4-6-20-13(10)18-14)16-9-1-2-11-8(7-9)3-5-19-11/h1-7H,(H,16,17,18). The van der Waals surface area contributed by atoms with E-state index in [0.29, 0.717) is 0 Å². The molecule has 0 aliphatic carbocycles. The van der Waals surface area contributed by atoms with E-state index < -0.39 is 0 Å². The van der Waals surface area contributed by atoms with Crippen molar-refractivity contribution in [1.82, 2.24) is 9.97 Å². The van der Waals surface area contributed by atoms with Crippen molar-refractivity contribution >= 4 is 66.1 Å². The van der Waals surface area contributed by atoms with Gasteiger partial charge in [0.1, 0.15) is 10.6 Å². The number of fused-ring (bicyclic) bond motifs is 2. The number of nitrogens with one attached hydrogen (secondary N) is 1. The van der Waals surface area contributed by atoms with Gasteiger partial charge in [-0.15, -0.1) is 22.7 Å². The van der Waals surface area contributed by atoms with E-state index >= 15 is 0 Å². The molecular weight excluding hydrogens is 310 g/mol. The SMILES string of the molecule is Clc1nc(Nc2ccc3sccc3c2)c2ccsc2n1. The van der Waals surface area contributed by atoms with E-state index in [0.717, 1.165) is 21.7 Å². The number of hydrogen-bond acceptors (Lipinski definition) is 5. The van der Waals surface area contributed by atoms with E-state index in [4.69, 9.17) is 11.6 Å². The van der Waals surface area contributed by atoms with Crippen LogP contribution in [0.25, 0.3) is 20.3 Å². The smallest absolute Gasteiger partial charge is 0.225 e. The number of aromatic nitrogens is 2. The Kier molecular flexibility index (Phi) is 2.84. The fourth-order valence-electron chi connectivity index (χ4n) is 2.11. The zero-order valence-corrected chi connectivity index (χ0v) is 12.5. The van der Waals surface area contributed by atoms with E-state index in [2.05, 4.69) is 38.9 Å². The van der Waals surface area contributed by atoms with Crippen LogP contribution in [0.2, 0.25) is 5.28 Å². The first-order valence-electron chi connectivity index (χ1n) is 5.95. The van der Waals surface area contributed by atoms with Gasteiger partial charge in [0.05, 0.1) is 5.39 Å². The molecule has 0 saturated carbocycles. The molecule has 0 aliphatic rings. The fourth-order valence-corrected chi connectivity index (χ4v) is 3.86. The second kappa shape index (κ2) is 4.70. The highest BCUT2D eigenvalue weighted by molar-refractivity contribution is 7.17. The second-order valence-corrected chi connectivity index (χ2v) is 6.46. The van der Waals surface area contributed by atoms with Gasteiger partial charge >= 0.3 is 0 Å². The van der Waals surface area contributed by atoms with Gasteiger partial charge in [0.15, 0.2) is 0 Å². The Bertz CT molecular complexity index is 913. The van der Waals surface area contributed by atoms with Crippen molar-refractivity contribution in [3.63, 3.8) is 0 Å². The summed E-state index contributed by atoms with van der Waals surface area (Å²) in [5.41, 5.74) is 0.998. The first kappa shape index (κ1) is 12.1. The van der Waals surface area contributed by atoms with Crippen LogP contribution >= 0.6 is 34.3 Å². The van der Waals surface area contributed by atoms with E-state index in [-0.39, 0.29) is 5.28 Å². The lowest BCUT2D eigenvalue weighted by molar-refractivity contribution is 1.23. The summed E-state index contributed by atoms with van der Waals surface area (Å²) in [5, 5.41) is 9.89. The number of nitrogens with zero attached hydrogens (tertiary/aromatic N) is 2. The quantitative estimate of drug-likeness (QED) is 0.509. The molecule has 0 radical (unpaired) electrons. The Morgan fingerprint density at radius 3 is 2.85 bits per heavy atom. The lowest BCUT2D eigenvalue weighted by Gasteiger charge is -2.07. The van der Waals surface area contributed by atoms with Gasteiger partial charge in [-0.3, -0.25) is 0 Å². The maximum absolute atomic E-state index is 5.97. The Balaban J connectivity index is 1.81. The van der Waals surface area contributed by atoms with Crippen LogP contribution in [0, 0.1) is 0 Å². The highest BCUT2D eigenvalue weighted by Crippen LogP contribution is 2.30. The third-order valence-corrected chi connectivity index (χ3v) is 4.89. The Hall–Kier alpha value is -1.69. The molecule has 0 fully saturated rings. The molecule has 0 bridgehead atoms. The summed E-state index contributed by atoms with van der Waals surface area (Å²) in [4.78, 5) is 9.40. The maximum Gasteiger partial charge on any atom is 0.225 e. The lowest BCUT2D eigenvalue weighted by Crippen LogP contribution is -1.95. The molecule has 98 valence electrons. The molecule has 1 aromatic carbocycles. The van der Waals surface area contributed by atoms with Crippen molar-refractivity contribution in [3.05, 3.63) is 46.4 Å². The van der Waals surface area contributed by atoms with Crippen molar-refractivity contribution in [2.24, 2.45) is 0 Å². The van der Waals surface area contributed by atoms with Gasteiger partial charge < -0.3 is 5.32 Å². The first-order valence-corrected chi connectivity index (χ1v) is 8.08. The van der Waals surface area contributed by atoms with Crippen molar-refractivity contribution in [2.45, 2.75) is 0 Å². The number of thiophene rings is 2. The number of hydrogen-bond donors (Lipinski definition) is 1. The summed E-state index contributed by atoms with van der Waals surface area (Å²) in [6.45, 7) is 0. The van der Waals surface area contributed by atoms with Crippen LogP contribution in [-0.4, -0.2) is 9.97 Å². The van der Waals surface area contributed by atoms with Crippen LogP contribution in [0.5, 0.6) is 0 Å². The monoisotopic (exact) mass is 317 g/mol. The molecule has 0 spiro atoms. The predicted octanol–water partition coefficient (Wildman–Crippen LogP) is 5.30. The topological polar surface area (TPSA) is 37.8 Å². The summed E-state index contributed by atoms with van der Waals surface area (Å²) >= 11 is 9.26. The van der Waals surface area contributed by atoms with Gasteiger partial charge in [0.2, 0.25) is 5.28 Å². The van der Waals surface area contributed by atoms with Gasteiger partial charge in [0, 0.05) is 10.4 Å². The minimum Gasteiger partial charge on any atom is -0.340 e. The highest BCUT2D eigenvalue weighted by atomic mass is 35.5. The fraction of sp³-hybridized carbons (Fsp3) is 0. The van der Waals surface area contributed by atoms with Gasteiger partial charge in [-0.05, 0) is 58.1 Å². The Morgan fingerprint density at radius 1 is 1.00 bits per heavy atom. The minimum atomic E-state index is 0.263. The molecule has 20 heavy (non-hydrogen) atoms. The summed E-state index contributed by atoms with van der Waals surface area (Å²) in [7, 11) is 0. The van der Waals surface area contributed by atoms with Crippen LogP contribution in [0.1, 0.15) is 0 Å². The molecule has 0 aliphatic heterocycles. The number of benzene rings is 1. The molecule has 4 rings (SSSR count). The summed E-state index contributed by atoms with van der Waals surface area (Å²) in [6.07, 6.45) is 0. The zero-order valence-electron chi connectivity index (χ0n) is 10.1. The van der Waals surface area contributed by atoms with E-state index in [1.54, 1.807) is 22.7 Å². The third kappa shape index (κ3) is 2.04. The van der Waals surface area contributed by atoms with Crippen LogP contribution in [0.15, 0.2) is 41.1 Å². The average molecular weight is 318 g/mol. The summed E-state index contributed by atoms with van der Waals surface area (Å²) in [6, 6.07) is 10.4. The average Bonchev–Trinajstić information content (AvgIpc) is 3.05. The number of halogens is 1. The molecule has 0 amide bonds. The summed E-state index contributed by atoms with van der Waals surface area (Å²) < 4.78 is 1.27. The lowest BCUT2D eigenvalue weighted by atomic mass is 10.2. The molecule has 0 unspecified atom stereocenters. The van der Waals surface area contributed by atoms with Crippen LogP contribution in [0.3, 0.4) is 0 Å². The number of rotatable bonds is 2. The third-order valence-electron chi connectivity index (χ3n) is 3.01. The molecule has 0 atom stereocenters. The van der Waals surface area contributed by atoms with Gasteiger partial charge in [0.25, 0.3) is 0 Å². The molecule has 3 nitrogen and oxygen atoms in total. The van der Waals surface area contributed by atoms with E-state index in [1.807, 2.05) is 17.5 Å². The van der Waals surface area contributed by atoms with Gasteiger partial charge in [-0.2, -0.15) is 4.98 Å². The molecular formula is C14H8ClN3S2. The van der Waals surface area contributed by atoms with E-state index in [1.165, 1.54) is 10.1 Å². The van der Waals surface area contributed by atoms with Crippen LogP contribution in [-0.2, 0) is 0 Å². The zero-order chi connectivity index (χ0) is 13.5. The molecule has 3 heterocycles. The first-order chi connectivity index (χ1) is 9.79. The second-order valence-electron chi connectivity index (χ2n) is 4.28. The van der Waals surface area contributed by atoms with Crippen molar-refractivity contribution in [2.75, 3.05) is 5.32 Å². The molecule has 6 heteroatoms. The molecule has 1 N–H and O–H groups in total. The van der Waals surface area contributed by atoms with Crippen LogP contribution < -0.4 is 5.32 Å². The van der Waals surface area contributed by atoms with E-state index in [9.17, 15) is 0 Å². The normalized spacial score (nSPS) is 11.2. The Labute approximate surface area is 127 Å². The minimum absolute atomic E-state index is 0.263. The Morgan fingerprint density at radius 2 is 1.90 bits per heavy atom. The van der Waals surface area contributed by atoms with Crippen molar-refractivity contribution in [1.29, 1.82) is 0 Å². The molecule has 3 aromatic heterocycles. The highest BCUT2D eigenvalue weighted by Gasteiger charge is 2.08. The largest absolute Gasteiger partial charge is 0.340 e.